The van der Waals surface area contributed by atoms with E-state index in [1.807, 2.05) is 13.8 Å². The zero-order valence-electron chi connectivity index (χ0n) is 9.45. The van der Waals surface area contributed by atoms with E-state index in [1.54, 1.807) is 0 Å². The first-order valence-electron chi connectivity index (χ1n) is 5.59. The number of likely N-dealkylation sites (tertiary alicyclic amines) is 1. The Morgan fingerprint density at radius 2 is 2.29 bits per heavy atom. The van der Waals surface area contributed by atoms with Crippen LogP contribution in [0, 0.1) is 0 Å². The Balaban J connectivity index is 2.48. The number of ether oxygens (including phenoxy) is 1. The second-order valence-electron chi connectivity index (χ2n) is 4.01. The van der Waals surface area contributed by atoms with Gasteiger partial charge in [-0.25, -0.2) is 0 Å². The van der Waals surface area contributed by atoms with Crippen LogP contribution in [0.5, 0.6) is 0 Å². The number of hydrogen-bond acceptors (Lipinski definition) is 3. The lowest BCUT2D eigenvalue weighted by Gasteiger charge is -2.36. The normalized spacial score (nSPS) is 25.8. The van der Waals surface area contributed by atoms with E-state index in [9.17, 15) is 4.79 Å². The summed E-state index contributed by atoms with van der Waals surface area (Å²) < 4.78 is 5.02. The Bertz CT molecular complexity index is 194. The molecule has 82 valence electrons. The average molecular weight is 199 g/mol. The molecule has 0 bridgehead atoms. The van der Waals surface area contributed by atoms with Crippen molar-refractivity contribution in [3.05, 3.63) is 0 Å². The molecule has 0 aromatic rings. The van der Waals surface area contributed by atoms with Gasteiger partial charge in [-0.15, -0.1) is 0 Å². The molecule has 0 aromatic heterocycles. The van der Waals surface area contributed by atoms with Crippen molar-refractivity contribution in [1.29, 1.82) is 0 Å². The summed E-state index contributed by atoms with van der Waals surface area (Å²) in [5, 5.41) is 0. The van der Waals surface area contributed by atoms with Crippen molar-refractivity contribution in [2.45, 2.75) is 52.1 Å². The fourth-order valence-electron chi connectivity index (χ4n) is 2.09. The van der Waals surface area contributed by atoms with Gasteiger partial charge in [-0.05, 0) is 40.2 Å². The van der Waals surface area contributed by atoms with E-state index in [-0.39, 0.29) is 12.0 Å². The van der Waals surface area contributed by atoms with Crippen LogP contribution in [0.3, 0.4) is 0 Å². The molecule has 0 amide bonds. The molecular weight excluding hydrogens is 178 g/mol. The molecule has 2 unspecified atom stereocenters. The van der Waals surface area contributed by atoms with Crippen molar-refractivity contribution < 1.29 is 9.53 Å². The summed E-state index contributed by atoms with van der Waals surface area (Å²) in [4.78, 5) is 13.8. The van der Waals surface area contributed by atoms with Gasteiger partial charge in [0.05, 0.1) is 6.61 Å². The number of carbonyl (C=O) groups is 1. The Labute approximate surface area is 86.4 Å². The van der Waals surface area contributed by atoms with Gasteiger partial charge in [0.2, 0.25) is 0 Å². The lowest BCUT2D eigenvalue weighted by molar-refractivity contribution is -0.150. The molecule has 1 rings (SSSR count). The number of rotatable bonds is 3. The van der Waals surface area contributed by atoms with Crippen LogP contribution < -0.4 is 0 Å². The molecule has 1 aliphatic rings. The average Bonchev–Trinajstić information content (AvgIpc) is 2.18. The van der Waals surface area contributed by atoms with E-state index in [1.165, 1.54) is 19.3 Å². The fourth-order valence-corrected chi connectivity index (χ4v) is 2.09. The lowest BCUT2D eigenvalue weighted by atomic mass is 10.0. The van der Waals surface area contributed by atoms with Crippen molar-refractivity contribution in [2.24, 2.45) is 0 Å². The summed E-state index contributed by atoms with van der Waals surface area (Å²) in [6, 6.07) is 0.438. The minimum Gasteiger partial charge on any atom is -0.465 e. The van der Waals surface area contributed by atoms with Crippen LogP contribution in [0.25, 0.3) is 0 Å². The SMILES string of the molecule is CCOC(=O)C(C)N1CCCCC1C. The number of carbonyl (C=O) groups excluding carboxylic acids is 1. The summed E-state index contributed by atoms with van der Waals surface area (Å²) in [7, 11) is 0. The minimum absolute atomic E-state index is 0.0785. The monoisotopic (exact) mass is 199 g/mol. The van der Waals surface area contributed by atoms with Crippen LogP contribution >= 0.6 is 0 Å². The summed E-state index contributed by atoms with van der Waals surface area (Å²) in [6.45, 7) is 7.49. The smallest absolute Gasteiger partial charge is 0.323 e. The first kappa shape index (κ1) is 11.5. The predicted octanol–water partition coefficient (Wildman–Crippen LogP) is 1.81. The topological polar surface area (TPSA) is 29.5 Å². The molecule has 1 heterocycles. The van der Waals surface area contributed by atoms with Crippen LogP contribution in [0.1, 0.15) is 40.0 Å². The molecule has 1 aliphatic heterocycles. The molecule has 0 saturated carbocycles. The minimum atomic E-state index is -0.0822. The van der Waals surface area contributed by atoms with Crippen molar-refractivity contribution in [3.63, 3.8) is 0 Å². The maximum Gasteiger partial charge on any atom is 0.323 e. The van der Waals surface area contributed by atoms with Gasteiger partial charge < -0.3 is 4.74 Å². The highest BCUT2D eigenvalue weighted by Gasteiger charge is 2.28. The van der Waals surface area contributed by atoms with E-state index >= 15 is 0 Å². The lowest BCUT2D eigenvalue weighted by Crippen LogP contribution is -2.47. The molecule has 14 heavy (non-hydrogen) atoms. The van der Waals surface area contributed by atoms with Crippen LogP contribution in [-0.4, -0.2) is 36.1 Å². The highest BCUT2D eigenvalue weighted by atomic mass is 16.5. The maximum absolute atomic E-state index is 11.5. The summed E-state index contributed by atoms with van der Waals surface area (Å²) in [6.07, 6.45) is 3.69. The van der Waals surface area contributed by atoms with E-state index < -0.39 is 0 Å². The van der Waals surface area contributed by atoms with E-state index in [0.29, 0.717) is 12.6 Å². The maximum atomic E-state index is 11.5. The second-order valence-corrected chi connectivity index (χ2v) is 4.01. The number of nitrogens with zero attached hydrogens (tertiary/aromatic N) is 1. The zero-order valence-corrected chi connectivity index (χ0v) is 9.45. The van der Waals surface area contributed by atoms with Gasteiger partial charge in [-0.3, -0.25) is 9.69 Å². The highest BCUT2D eigenvalue weighted by molar-refractivity contribution is 5.75. The summed E-state index contributed by atoms with van der Waals surface area (Å²) >= 11 is 0. The van der Waals surface area contributed by atoms with Crippen molar-refractivity contribution >= 4 is 5.97 Å². The largest absolute Gasteiger partial charge is 0.465 e. The molecule has 0 aromatic carbocycles. The number of hydrogen-bond donors (Lipinski definition) is 0. The van der Waals surface area contributed by atoms with E-state index in [0.717, 1.165) is 6.54 Å². The standard InChI is InChI=1S/C11H21NO2/c1-4-14-11(13)10(3)12-8-6-5-7-9(12)2/h9-10H,4-8H2,1-3H3. The van der Waals surface area contributed by atoms with Crippen LogP contribution in [0.4, 0.5) is 0 Å². The zero-order chi connectivity index (χ0) is 10.6. The molecule has 0 radical (unpaired) electrons. The van der Waals surface area contributed by atoms with E-state index in [2.05, 4.69) is 11.8 Å². The van der Waals surface area contributed by atoms with Crippen molar-refractivity contribution in [1.82, 2.24) is 4.90 Å². The Morgan fingerprint density at radius 1 is 1.57 bits per heavy atom. The van der Waals surface area contributed by atoms with Gasteiger partial charge in [-0.2, -0.15) is 0 Å². The third kappa shape index (κ3) is 2.71. The highest BCUT2D eigenvalue weighted by Crippen LogP contribution is 2.19. The first-order chi connectivity index (χ1) is 6.66. The third-order valence-corrected chi connectivity index (χ3v) is 2.98. The van der Waals surface area contributed by atoms with Gasteiger partial charge in [0, 0.05) is 6.04 Å². The van der Waals surface area contributed by atoms with Crippen molar-refractivity contribution in [3.8, 4) is 0 Å². The van der Waals surface area contributed by atoms with Gasteiger partial charge in [0.15, 0.2) is 0 Å². The van der Waals surface area contributed by atoms with Gasteiger partial charge in [0.1, 0.15) is 6.04 Å². The molecule has 1 fully saturated rings. The van der Waals surface area contributed by atoms with Crippen molar-refractivity contribution in [2.75, 3.05) is 13.2 Å². The predicted molar refractivity (Wildman–Crippen MR) is 56.1 cm³/mol. The number of piperidine rings is 1. The molecule has 0 N–H and O–H groups in total. The molecule has 0 aliphatic carbocycles. The summed E-state index contributed by atoms with van der Waals surface area (Å²) in [5.74, 6) is -0.0822. The Kier molecular flexibility index (Phi) is 4.39. The fraction of sp³-hybridized carbons (Fsp3) is 0.909. The third-order valence-electron chi connectivity index (χ3n) is 2.98. The van der Waals surface area contributed by atoms with E-state index in [4.69, 9.17) is 4.74 Å². The quantitative estimate of drug-likeness (QED) is 0.649. The molecule has 2 atom stereocenters. The van der Waals surface area contributed by atoms with Gasteiger partial charge in [0.25, 0.3) is 0 Å². The van der Waals surface area contributed by atoms with Crippen LogP contribution in [-0.2, 0) is 9.53 Å². The van der Waals surface area contributed by atoms with Crippen LogP contribution in [0.2, 0.25) is 0 Å². The first-order valence-corrected chi connectivity index (χ1v) is 5.59. The second kappa shape index (κ2) is 5.35. The van der Waals surface area contributed by atoms with Gasteiger partial charge in [-0.1, -0.05) is 6.42 Å². The molecule has 1 saturated heterocycles. The Hall–Kier alpha value is -0.570. The van der Waals surface area contributed by atoms with Gasteiger partial charge >= 0.3 is 5.97 Å². The molecule has 3 nitrogen and oxygen atoms in total. The molecule has 0 spiro atoms. The molecule has 3 heteroatoms. The molecular formula is C11H21NO2. The number of esters is 1. The van der Waals surface area contributed by atoms with Crippen LogP contribution in [0.15, 0.2) is 0 Å². The Morgan fingerprint density at radius 3 is 2.86 bits per heavy atom. The summed E-state index contributed by atoms with van der Waals surface area (Å²) in [5.41, 5.74) is 0.